The summed E-state index contributed by atoms with van der Waals surface area (Å²) in [4.78, 5) is 23.6. The van der Waals surface area contributed by atoms with Crippen molar-refractivity contribution >= 4 is 17.6 Å². The first-order chi connectivity index (χ1) is 11.5. The van der Waals surface area contributed by atoms with E-state index in [2.05, 4.69) is 10.5 Å². The molecule has 126 valence electrons. The van der Waals surface area contributed by atoms with E-state index in [1.54, 1.807) is 6.07 Å². The van der Waals surface area contributed by atoms with Crippen LogP contribution in [-0.2, 0) is 0 Å². The van der Waals surface area contributed by atoms with Crippen molar-refractivity contribution in [2.24, 2.45) is 0 Å². The van der Waals surface area contributed by atoms with Crippen molar-refractivity contribution in [1.82, 2.24) is 5.16 Å². The van der Waals surface area contributed by atoms with E-state index in [4.69, 9.17) is 14.0 Å². The average Bonchev–Trinajstić information content (AvgIpc) is 3.30. The third-order valence-electron chi connectivity index (χ3n) is 3.72. The molecule has 1 amide bonds. The van der Waals surface area contributed by atoms with E-state index in [9.17, 15) is 14.7 Å². The predicted molar refractivity (Wildman–Crippen MR) is 82.9 cm³/mol. The first-order valence-corrected chi connectivity index (χ1v) is 7.30. The van der Waals surface area contributed by atoms with Crippen molar-refractivity contribution in [1.29, 1.82) is 0 Å². The third kappa shape index (κ3) is 3.03. The summed E-state index contributed by atoms with van der Waals surface area (Å²) in [5.41, 5.74) is 0.881. The van der Waals surface area contributed by atoms with Crippen molar-refractivity contribution in [3.8, 4) is 11.5 Å². The van der Waals surface area contributed by atoms with Crippen molar-refractivity contribution in [3.63, 3.8) is 0 Å². The number of carboxylic acids is 1. The molecule has 1 aliphatic rings. The Morgan fingerprint density at radius 1 is 1.25 bits per heavy atom. The Balaban J connectivity index is 1.90. The number of aromatic nitrogens is 1. The number of benzene rings is 1. The Morgan fingerprint density at radius 3 is 2.58 bits per heavy atom. The van der Waals surface area contributed by atoms with E-state index in [1.165, 1.54) is 26.4 Å². The van der Waals surface area contributed by atoms with Gasteiger partial charge in [0, 0.05) is 12.0 Å². The van der Waals surface area contributed by atoms with Gasteiger partial charge < -0.3 is 24.4 Å². The number of amides is 1. The minimum Gasteiger partial charge on any atom is -0.493 e. The van der Waals surface area contributed by atoms with Crippen LogP contribution in [0.4, 0.5) is 5.69 Å². The molecule has 0 spiro atoms. The van der Waals surface area contributed by atoms with Crippen LogP contribution < -0.4 is 14.8 Å². The summed E-state index contributed by atoms with van der Waals surface area (Å²) in [6, 6.07) is 4.20. The molecule has 1 aliphatic carbocycles. The molecule has 0 aliphatic heterocycles. The summed E-state index contributed by atoms with van der Waals surface area (Å²) in [6.07, 6.45) is 2.08. The Kier molecular flexibility index (Phi) is 4.11. The number of nitrogens with zero attached hydrogens (tertiary/aromatic N) is 1. The fourth-order valence-corrected chi connectivity index (χ4v) is 2.33. The van der Waals surface area contributed by atoms with Crippen LogP contribution in [0, 0.1) is 0 Å². The van der Waals surface area contributed by atoms with E-state index < -0.39 is 11.9 Å². The largest absolute Gasteiger partial charge is 0.493 e. The molecular weight excluding hydrogens is 316 g/mol. The number of ether oxygens (including phenoxy) is 2. The van der Waals surface area contributed by atoms with E-state index >= 15 is 0 Å². The molecule has 0 bridgehead atoms. The lowest BCUT2D eigenvalue weighted by Gasteiger charge is -2.14. The van der Waals surface area contributed by atoms with Crippen LogP contribution in [-0.4, -0.2) is 36.4 Å². The highest BCUT2D eigenvalue weighted by atomic mass is 16.5. The van der Waals surface area contributed by atoms with Gasteiger partial charge in [-0.15, -0.1) is 0 Å². The lowest BCUT2D eigenvalue weighted by atomic mass is 10.1. The zero-order valence-electron chi connectivity index (χ0n) is 13.2. The van der Waals surface area contributed by atoms with Crippen molar-refractivity contribution in [2.75, 3.05) is 19.5 Å². The number of hydrogen-bond acceptors (Lipinski definition) is 6. The number of carbonyl (C=O) groups is 2. The SMILES string of the molecule is COc1cc(C(=O)O)cc(NC(=O)c2cc(C3CC3)no2)c1OC. The Bertz CT molecular complexity index is 794. The monoisotopic (exact) mass is 332 g/mol. The number of rotatable bonds is 6. The lowest BCUT2D eigenvalue weighted by Crippen LogP contribution is -2.13. The normalized spacial score (nSPS) is 13.4. The molecule has 1 saturated carbocycles. The molecular formula is C16H16N2O6. The van der Waals surface area contributed by atoms with Crippen LogP contribution >= 0.6 is 0 Å². The summed E-state index contributed by atoms with van der Waals surface area (Å²) < 4.78 is 15.4. The Hall–Kier alpha value is -3.03. The number of anilines is 1. The van der Waals surface area contributed by atoms with Gasteiger partial charge in [0.2, 0.25) is 5.76 Å². The summed E-state index contributed by atoms with van der Waals surface area (Å²) >= 11 is 0. The molecule has 3 rings (SSSR count). The minimum absolute atomic E-state index is 0.0424. The quantitative estimate of drug-likeness (QED) is 0.836. The molecule has 1 fully saturated rings. The number of carbonyl (C=O) groups excluding carboxylic acids is 1. The van der Waals surface area contributed by atoms with Crippen molar-refractivity contribution in [2.45, 2.75) is 18.8 Å². The molecule has 8 heteroatoms. The van der Waals surface area contributed by atoms with Gasteiger partial charge in [-0.3, -0.25) is 4.79 Å². The Morgan fingerprint density at radius 2 is 2.00 bits per heavy atom. The second-order valence-corrected chi connectivity index (χ2v) is 5.41. The van der Waals surface area contributed by atoms with Crippen LogP contribution in [0.3, 0.4) is 0 Å². The van der Waals surface area contributed by atoms with E-state index in [0.717, 1.165) is 18.5 Å². The third-order valence-corrected chi connectivity index (χ3v) is 3.72. The van der Waals surface area contributed by atoms with E-state index in [-0.39, 0.29) is 28.5 Å². The fraction of sp³-hybridized carbons (Fsp3) is 0.312. The number of methoxy groups -OCH3 is 2. The van der Waals surface area contributed by atoms with Gasteiger partial charge in [0.25, 0.3) is 5.91 Å². The fourth-order valence-electron chi connectivity index (χ4n) is 2.33. The number of nitrogens with one attached hydrogen (secondary N) is 1. The molecule has 0 atom stereocenters. The smallest absolute Gasteiger partial charge is 0.335 e. The number of hydrogen-bond donors (Lipinski definition) is 2. The highest BCUT2D eigenvalue weighted by Crippen LogP contribution is 2.40. The topological polar surface area (TPSA) is 111 Å². The summed E-state index contributed by atoms with van der Waals surface area (Å²) in [5.74, 6) is -0.861. The maximum atomic E-state index is 12.3. The predicted octanol–water partition coefficient (Wildman–Crippen LogP) is 2.52. The molecule has 1 aromatic heterocycles. The zero-order valence-corrected chi connectivity index (χ0v) is 13.2. The van der Waals surface area contributed by atoms with Crippen molar-refractivity contribution in [3.05, 3.63) is 35.2 Å². The molecule has 24 heavy (non-hydrogen) atoms. The molecule has 8 nitrogen and oxygen atoms in total. The van der Waals surface area contributed by atoms with Gasteiger partial charge in [-0.25, -0.2) is 4.79 Å². The second-order valence-electron chi connectivity index (χ2n) is 5.41. The molecule has 0 saturated heterocycles. The minimum atomic E-state index is -1.15. The zero-order chi connectivity index (χ0) is 17.3. The maximum Gasteiger partial charge on any atom is 0.335 e. The summed E-state index contributed by atoms with van der Waals surface area (Å²) in [5, 5.41) is 15.6. The molecule has 1 heterocycles. The highest BCUT2D eigenvalue weighted by Gasteiger charge is 2.28. The van der Waals surface area contributed by atoms with Gasteiger partial charge in [-0.05, 0) is 25.0 Å². The van der Waals surface area contributed by atoms with Crippen LogP contribution in [0.5, 0.6) is 11.5 Å². The van der Waals surface area contributed by atoms with Gasteiger partial charge in [0.05, 0.1) is 31.2 Å². The standard InChI is InChI=1S/C16H16N2O6/c1-22-12-6-9(16(20)21)5-11(14(12)23-2)17-15(19)13-7-10(18-24-13)8-3-4-8/h5-8H,3-4H2,1-2H3,(H,17,19)(H,20,21). The first-order valence-electron chi connectivity index (χ1n) is 7.30. The van der Waals surface area contributed by atoms with Crippen LogP contribution in [0.15, 0.2) is 22.7 Å². The summed E-state index contributed by atoms with van der Waals surface area (Å²) in [7, 11) is 2.78. The highest BCUT2D eigenvalue weighted by molar-refractivity contribution is 6.04. The van der Waals surface area contributed by atoms with Gasteiger partial charge in [-0.1, -0.05) is 5.16 Å². The Labute approximate surface area is 137 Å². The first kappa shape index (κ1) is 15.9. The van der Waals surface area contributed by atoms with Gasteiger partial charge >= 0.3 is 5.97 Å². The number of aromatic carboxylic acids is 1. The number of carboxylic acid groups (broad SMARTS) is 1. The molecule has 2 aromatic rings. The lowest BCUT2D eigenvalue weighted by molar-refractivity contribution is 0.0696. The molecule has 0 unspecified atom stereocenters. The van der Waals surface area contributed by atoms with Crippen LogP contribution in [0.25, 0.3) is 0 Å². The van der Waals surface area contributed by atoms with E-state index in [1.807, 2.05) is 0 Å². The van der Waals surface area contributed by atoms with Gasteiger partial charge in [0.15, 0.2) is 11.5 Å². The van der Waals surface area contributed by atoms with Crippen LogP contribution in [0.2, 0.25) is 0 Å². The molecule has 2 N–H and O–H groups in total. The van der Waals surface area contributed by atoms with Crippen LogP contribution in [0.1, 0.15) is 45.4 Å². The molecule has 0 radical (unpaired) electrons. The van der Waals surface area contributed by atoms with Gasteiger partial charge in [0.1, 0.15) is 0 Å². The summed E-state index contributed by atoms with van der Waals surface area (Å²) in [6.45, 7) is 0. The maximum absolute atomic E-state index is 12.3. The second kappa shape index (κ2) is 6.23. The van der Waals surface area contributed by atoms with Gasteiger partial charge in [-0.2, -0.15) is 0 Å². The molecule has 1 aromatic carbocycles. The van der Waals surface area contributed by atoms with E-state index in [0.29, 0.717) is 5.92 Å². The van der Waals surface area contributed by atoms with Crippen molar-refractivity contribution < 1.29 is 28.7 Å². The average molecular weight is 332 g/mol.